The molecule has 5 heteroatoms. The van der Waals surface area contributed by atoms with Crippen molar-refractivity contribution in [2.75, 3.05) is 14.2 Å². The molecule has 0 heterocycles. The second-order valence-electron chi connectivity index (χ2n) is 0.957. The summed E-state index contributed by atoms with van der Waals surface area (Å²) in [6.45, 7) is 0. The van der Waals surface area contributed by atoms with Crippen LogP contribution in [0.25, 0.3) is 0 Å². The zero-order valence-electron chi connectivity index (χ0n) is 4.21. The van der Waals surface area contributed by atoms with E-state index in [2.05, 4.69) is 8.85 Å². The van der Waals surface area contributed by atoms with Gasteiger partial charge < -0.3 is 18.4 Å². The molecule has 0 saturated heterocycles. The zero-order chi connectivity index (χ0) is 5.91. The molecule has 0 aromatic carbocycles. The molecule has 0 radical (unpaired) electrons. The summed E-state index contributed by atoms with van der Waals surface area (Å²) in [5.74, 6) is 0. The third-order valence-electron chi connectivity index (χ3n) is 0.532. The van der Waals surface area contributed by atoms with Crippen molar-refractivity contribution in [2.45, 2.75) is 0 Å². The van der Waals surface area contributed by atoms with Crippen molar-refractivity contribution >= 4 is 9.05 Å². The molecular weight excluding hydrogens is 116 g/mol. The minimum Gasteiger partial charge on any atom is -0.367 e. The molecule has 7 heavy (non-hydrogen) atoms. The lowest BCUT2D eigenvalue weighted by Gasteiger charge is -2.08. The molecule has 44 valence electrons. The van der Waals surface area contributed by atoms with Crippen LogP contribution >= 0.6 is 0 Å². The first-order chi connectivity index (χ1) is 3.12. The van der Waals surface area contributed by atoms with E-state index >= 15 is 0 Å². The molecule has 4 nitrogen and oxygen atoms in total. The van der Waals surface area contributed by atoms with Crippen LogP contribution in [0.15, 0.2) is 0 Å². The quantitative estimate of drug-likeness (QED) is 0.449. The second kappa shape index (κ2) is 2.39. The second-order valence-corrected chi connectivity index (χ2v) is 2.87. The number of rotatable bonds is 2. The van der Waals surface area contributed by atoms with Gasteiger partial charge in [0.1, 0.15) is 0 Å². The third-order valence-corrected chi connectivity index (χ3v) is 1.60. The SMILES string of the molecule is CO[Si](O)(O)OC. The van der Waals surface area contributed by atoms with E-state index in [9.17, 15) is 0 Å². The molecule has 0 spiro atoms. The van der Waals surface area contributed by atoms with E-state index in [-0.39, 0.29) is 0 Å². The zero-order valence-corrected chi connectivity index (χ0v) is 5.21. The molecule has 0 aromatic heterocycles. The smallest absolute Gasteiger partial charge is 0.367 e. The van der Waals surface area contributed by atoms with E-state index in [0.717, 1.165) is 0 Å². The fraction of sp³-hybridized carbons (Fsp3) is 1.00. The Morgan fingerprint density at radius 2 is 1.43 bits per heavy atom. The van der Waals surface area contributed by atoms with Gasteiger partial charge >= 0.3 is 9.05 Å². The lowest BCUT2D eigenvalue weighted by atomic mass is 11.8. The molecule has 0 saturated carbocycles. The van der Waals surface area contributed by atoms with Gasteiger partial charge in [-0.05, 0) is 0 Å². The summed E-state index contributed by atoms with van der Waals surface area (Å²) >= 11 is 0. The van der Waals surface area contributed by atoms with E-state index in [1.165, 1.54) is 14.2 Å². The highest BCUT2D eigenvalue weighted by atomic mass is 28.4. The maximum atomic E-state index is 8.38. The van der Waals surface area contributed by atoms with Crippen LogP contribution < -0.4 is 0 Å². The van der Waals surface area contributed by atoms with E-state index in [1.807, 2.05) is 0 Å². The normalized spacial score (nSPS) is 12.0. The molecule has 0 aliphatic rings. The van der Waals surface area contributed by atoms with Gasteiger partial charge in [0.25, 0.3) is 0 Å². The minimum absolute atomic E-state index is 1.18. The largest absolute Gasteiger partial charge is 0.673 e. The Labute approximate surface area is 42.8 Å². The highest BCUT2D eigenvalue weighted by Gasteiger charge is 2.32. The fourth-order valence-corrected chi connectivity index (χ4v) is 0.250. The van der Waals surface area contributed by atoms with Crippen molar-refractivity contribution in [3.63, 3.8) is 0 Å². The van der Waals surface area contributed by atoms with Crippen molar-refractivity contribution in [1.82, 2.24) is 0 Å². The Kier molecular flexibility index (Phi) is 2.41. The minimum atomic E-state index is -3.65. The summed E-state index contributed by atoms with van der Waals surface area (Å²) in [5.41, 5.74) is 0. The van der Waals surface area contributed by atoms with Gasteiger partial charge in [-0.2, -0.15) is 0 Å². The average molecular weight is 124 g/mol. The molecule has 0 aliphatic heterocycles. The predicted octanol–water partition coefficient (Wildman–Crippen LogP) is -1.30. The first-order valence-electron chi connectivity index (χ1n) is 1.67. The molecule has 2 N–H and O–H groups in total. The van der Waals surface area contributed by atoms with Crippen LogP contribution in [0.3, 0.4) is 0 Å². The predicted molar refractivity (Wildman–Crippen MR) is 24.2 cm³/mol. The first kappa shape index (κ1) is 7.06. The number of hydrogen-bond acceptors (Lipinski definition) is 4. The summed E-state index contributed by atoms with van der Waals surface area (Å²) in [6, 6.07) is 0. The van der Waals surface area contributed by atoms with Crippen LogP contribution in [0.2, 0.25) is 0 Å². The van der Waals surface area contributed by atoms with E-state index < -0.39 is 9.05 Å². The summed E-state index contributed by atoms with van der Waals surface area (Å²) in [5, 5.41) is 0. The van der Waals surface area contributed by atoms with Gasteiger partial charge in [-0.15, -0.1) is 0 Å². The summed E-state index contributed by atoms with van der Waals surface area (Å²) in [4.78, 5) is 16.8. The van der Waals surface area contributed by atoms with E-state index in [4.69, 9.17) is 9.59 Å². The molecular formula is C2H8O4Si. The number of hydrogen-bond donors (Lipinski definition) is 2. The highest BCUT2D eigenvalue weighted by molar-refractivity contribution is 6.50. The van der Waals surface area contributed by atoms with E-state index in [0.29, 0.717) is 0 Å². The molecule has 0 unspecified atom stereocenters. The van der Waals surface area contributed by atoms with Gasteiger partial charge in [0.2, 0.25) is 0 Å². The Morgan fingerprint density at radius 1 is 1.14 bits per heavy atom. The molecule has 0 atom stereocenters. The van der Waals surface area contributed by atoms with Crippen molar-refractivity contribution < 1.29 is 18.4 Å². The Bertz CT molecular complexity index is 47.7. The maximum Gasteiger partial charge on any atom is 0.673 e. The van der Waals surface area contributed by atoms with Gasteiger partial charge in [0.05, 0.1) is 0 Å². The Hall–Kier alpha value is 0.0569. The van der Waals surface area contributed by atoms with Crippen LogP contribution in [0.5, 0.6) is 0 Å². The lowest BCUT2D eigenvalue weighted by Crippen LogP contribution is -2.40. The average Bonchev–Trinajstić information content (AvgIpc) is 1.68. The summed E-state index contributed by atoms with van der Waals surface area (Å²) < 4.78 is 8.23. The Morgan fingerprint density at radius 3 is 1.43 bits per heavy atom. The van der Waals surface area contributed by atoms with Crippen molar-refractivity contribution in [2.24, 2.45) is 0 Å². The van der Waals surface area contributed by atoms with E-state index in [1.54, 1.807) is 0 Å². The standard InChI is InChI=1S/C2H8O4Si/c1-5-7(3,4)6-2/h3-4H,1-2H3. The van der Waals surface area contributed by atoms with Gasteiger partial charge in [0.15, 0.2) is 0 Å². The van der Waals surface area contributed by atoms with Gasteiger partial charge in [0, 0.05) is 14.2 Å². The van der Waals surface area contributed by atoms with Gasteiger partial charge in [-0.25, -0.2) is 0 Å². The molecule has 0 aliphatic carbocycles. The highest BCUT2D eigenvalue weighted by Crippen LogP contribution is 1.89. The molecule has 0 amide bonds. The molecule has 0 fully saturated rings. The van der Waals surface area contributed by atoms with Crippen LogP contribution in [0.1, 0.15) is 0 Å². The van der Waals surface area contributed by atoms with Crippen molar-refractivity contribution in [1.29, 1.82) is 0 Å². The summed E-state index contributed by atoms with van der Waals surface area (Å²) in [7, 11) is -1.30. The molecule has 0 rings (SSSR count). The topological polar surface area (TPSA) is 58.9 Å². The first-order valence-corrected chi connectivity index (χ1v) is 3.38. The van der Waals surface area contributed by atoms with Crippen LogP contribution in [0, 0.1) is 0 Å². The Balaban J connectivity index is 3.36. The molecule has 0 aromatic rings. The lowest BCUT2D eigenvalue weighted by molar-refractivity contribution is 0.0634. The van der Waals surface area contributed by atoms with Crippen molar-refractivity contribution in [3.05, 3.63) is 0 Å². The van der Waals surface area contributed by atoms with Gasteiger partial charge in [-0.1, -0.05) is 0 Å². The maximum absolute atomic E-state index is 8.38. The van der Waals surface area contributed by atoms with Crippen molar-refractivity contribution in [3.8, 4) is 0 Å². The van der Waals surface area contributed by atoms with Gasteiger partial charge in [-0.3, -0.25) is 0 Å². The fourth-order valence-electron chi connectivity index (χ4n) is 0.0833. The summed E-state index contributed by atoms with van der Waals surface area (Å²) in [6.07, 6.45) is 0. The molecule has 0 bridgehead atoms. The van der Waals surface area contributed by atoms with Crippen LogP contribution in [-0.4, -0.2) is 32.9 Å². The van der Waals surface area contributed by atoms with Crippen LogP contribution in [0.4, 0.5) is 0 Å². The third kappa shape index (κ3) is 2.72. The van der Waals surface area contributed by atoms with Crippen LogP contribution in [-0.2, 0) is 8.85 Å². The monoisotopic (exact) mass is 124 g/mol.